The van der Waals surface area contributed by atoms with Gasteiger partial charge in [0.25, 0.3) is 0 Å². The summed E-state index contributed by atoms with van der Waals surface area (Å²) in [6, 6.07) is 66.1. The number of hydrogen-bond acceptors (Lipinski definition) is 1. The van der Waals surface area contributed by atoms with Gasteiger partial charge in [0, 0.05) is 22.6 Å². The van der Waals surface area contributed by atoms with Gasteiger partial charge >= 0.3 is 0 Å². The molecule has 3 heteroatoms. The van der Waals surface area contributed by atoms with Crippen molar-refractivity contribution in [3.63, 3.8) is 0 Å². The van der Waals surface area contributed by atoms with Crippen LogP contribution >= 0.6 is 15.8 Å². The highest BCUT2D eigenvalue weighted by Gasteiger charge is 2.31. The van der Waals surface area contributed by atoms with E-state index in [0.717, 1.165) is 24.3 Å². The van der Waals surface area contributed by atoms with Gasteiger partial charge in [-0.2, -0.15) is 0 Å². The maximum absolute atomic E-state index is 7.40. The highest BCUT2D eigenvalue weighted by atomic mass is 31.1. The number of fused-ring (bicyclic) bond motifs is 2. The lowest BCUT2D eigenvalue weighted by molar-refractivity contribution is 0.467. The van der Waals surface area contributed by atoms with E-state index in [0.29, 0.717) is 0 Å². The second-order valence-electron chi connectivity index (χ2n) is 11.8. The molecule has 0 amide bonds. The molecule has 7 aromatic rings. The van der Waals surface area contributed by atoms with Gasteiger partial charge < -0.3 is 4.74 Å². The quantitative estimate of drug-likeness (QED) is 0.152. The van der Waals surface area contributed by atoms with E-state index in [1.807, 2.05) is 0 Å². The van der Waals surface area contributed by atoms with E-state index >= 15 is 0 Å². The van der Waals surface area contributed by atoms with Crippen molar-refractivity contribution in [3.8, 4) is 11.5 Å². The van der Waals surface area contributed by atoms with Crippen LogP contribution in [0.2, 0.25) is 0 Å². The standard InChI is InChI=1S/C44H34OP2/c1-6-17-33(18-7-1)31-34-29-30-42(47(38-24-12-4-13-25-38)39-26-14-5-15-27-39)44-40(34)32-35-19-16-28-41(43(35)45-44)46(36-20-8-2-9-21-36)37-22-10-3-11-23-37/h1-30H,31-32H2. The lowest BCUT2D eigenvalue weighted by Gasteiger charge is -2.31. The number of rotatable bonds is 8. The first-order valence-electron chi connectivity index (χ1n) is 16.1. The van der Waals surface area contributed by atoms with Crippen LogP contribution in [0.15, 0.2) is 182 Å². The summed E-state index contributed by atoms with van der Waals surface area (Å²) in [7, 11) is -1.68. The minimum atomic E-state index is -0.854. The van der Waals surface area contributed by atoms with Gasteiger partial charge in [0.2, 0.25) is 0 Å². The van der Waals surface area contributed by atoms with E-state index in [1.54, 1.807) is 0 Å². The van der Waals surface area contributed by atoms with Gasteiger partial charge in [-0.3, -0.25) is 0 Å². The topological polar surface area (TPSA) is 9.23 Å². The molecule has 0 aromatic heterocycles. The van der Waals surface area contributed by atoms with Crippen LogP contribution in [0, 0.1) is 0 Å². The summed E-state index contributed by atoms with van der Waals surface area (Å²) in [5.74, 6) is 2.06. The maximum Gasteiger partial charge on any atom is 0.139 e. The molecular weight excluding hydrogens is 606 g/mol. The first-order valence-corrected chi connectivity index (χ1v) is 18.8. The largest absolute Gasteiger partial charge is 0.455 e. The number of para-hydroxylation sites is 1. The molecule has 0 bridgehead atoms. The third kappa shape index (κ3) is 6.06. The van der Waals surface area contributed by atoms with Crippen molar-refractivity contribution in [3.05, 3.63) is 204 Å². The van der Waals surface area contributed by atoms with Crippen LogP contribution in [0.5, 0.6) is 11.5 Å². The van der Waals surface area contributed by atoms with Crippen molar-refractivity contribution in [1.29, 1.82) is 0 Å². The molecule has 1 nitrogen and oxygen atoms in total. The average Bonchev–Trinajstić information content (AvgIpc) is 3.14. The molecule has 0 fully saturated rings. The van der Waals surface area contributed by atoms with Gasteiger partial charge in [0.05, 0.1) is 0 Å². The lowest BCUT2D eigenvalue weighted by atomic mass is 9.92. The lowest BCUT2D eigenvalue weighted by Crippen LogP contribution is -2.27. The first kappa shape index (κ1) is 29.6. The fourth-order valence-corrected chi connectivity index (χ4v) is 11.4. The van der Waals surface area contributed by atoms with Gasteiger partial charge in [-0.25, -0.2) is 0 Å². The molecular formula is C44H34OP2. The van der Waals surface area contributed by atoms with Crippen LogP contribution in [0.3, 0.4) is 0 Å². The molecule has 0 spiro atoms. The molecule has 8 rings (SSSR count). The molecule has 0 radical (unpaired) electrons. The van der Waals surface area contributed by atoms with Gasteiger partial charge in [-0.15, -0.1) is 0 Å². The Balaban J connectivity index is 1.33. The minimum Gasteiger partial charge on any atom is -0.455 e. The Morgan fingerprint density at radius 2 is 0.851 bits per heavy atom. The monoisotopic (exact) mass is 640 g/mol. The van der Waals surface area contributed by atoms with Crippen LogP contribution in [-0.4, -0.2) is 0 Å². The molecule has 0 N–H and O–H groups in total. The fourth-order valence-electron chi connectivity index (χ4n) is 6.58. The van der Waals surface area contributed by atoms with E-state index in [-0.39, 0.29) is 0 Å². The summed E-state index contributed by atoms with van der Waals surface area (Å²) in [5, 5.41) is 7.84. The molecule has 226 valence electrons. The van der Waals surface area contributed by atoms with Crippen LogP contribution in [0.1, 0.15) is 22.3 Å². The smallest absolute Gasteiger partial charge is 0.139 e. The van der Waals surface area contributed by atoms with Crippen molar-refractivity contribution in [2.75, 3.05) is 0 Å². The van der Waals surface area contributed by atoms with Crippen LogP contribution in [0.4, 0.5) is 0 Å². The summed E-state index contributed by atoms with van der Waals surface area (Å²) in [6.45, 7) is 0. The first-order chi connectivity index (χ1) is 23.3. The SMILES string of the molecule is c1ccc(Cc2ccc(P(c3ccccc3)c3ccccc3)c3c2Cc2cccc(P(c4ccccc4)c4ccccc4)c2O3)cc1. The summed E-state index contributed by atoms with van der Waals surface area (Å²) in [5.41, 5.74) is 5.20. The Morgan fingerprint density at radius 3 is 1.34 bits per heavy atom. The zero-order valence-electron chi connectivity index (χ0n) is 26.0. The summed E-state index contributed by atoms with van der Waals surface area (Å²) in [4.78, 5) is 0. The van der Waals surface area contributed by atoms with Gasteiger partial charge in [-0.1, -0.05) is 176 Å². The van der Waals surface area contributed by atoms with Crippen molar-refractivity contribution in [1.82, 2.24) is 0 Å². The molecule has 1 aliphatic rings. The second-order valence-corrected chi connectivity index (χ2v) is 16.1. The molecule has 0 unspecified atom stereocenters. The van der Waals surface area contributed by atoms with E-state index in [9.17, 15) is 0 Å². The van der Waals surface area contributed by atoms with E-state index < -0.39 is 15.8 Å². The summed E-state index contributed by atoms with van der Waals surface area (Å²) in [6.07, 6.45) is 1.71. The molecule has 1 aliphatic heterocycles. The summed E-state index contributed by atoms with van der Waals surface area (Å²) >= 11 is 0. The Kier molecular flexibility index (Phi) is 8.51. The Bertz CT molecular complexity index is 2020. The van der Waals surface area contributed by atoms with E-state index in [1.165, 1.54) is 54.1 Å². The summed E-state index contributed by atoms with van der Waals surface area (Å²) < 4.78 is 7.40. The molecule has 0 saturated carbocycles. The third-order valence-electron chi connectivity index (χ3n) is 8.76. The average molecular weight is 641 g/mol. The molecule has 7 aromatic carbocycles. The minimum absolute atomic E-state index is 0.830. The number of ether oxygens (including phenoxy) is 1. The predicted octanol–water partition coefficient (Wildman–Crippen LogP) is 8.49. The number of benzene rings is 7. The van der Waals surface area contributed by atoms with E-state index in [4.69, 9.17) is 4.74 Å². The molecule has 0 atom stereocenters. The third-order valence-corrected chi connectivity index (χ3v) is 13.7. The van der Waals surface area contributed by atoms with E-state index in [2.05, 4.69) is 182 Å². The Morgan fingerprint density at radius 1 is 0.404 bits per heavy atom. The van der Waals surface area contributed by atoms with Crippen molar-refractivity contribution >= 4 is 47.7 Å². The predicted molar refractivity (Wildman–Crippen MR) is 202 cm³/mol. The van der Waals surface area contributed by atoms with Gasteiger partial charge in [0.1, 0.15) is 11.5 Å². The highest BCUT2D eigenvalue weighted by molar-refractivity contribution is 7.80. The molecule has 0 aliphatic carbocycles. The maximum atomic E-state index is 7.40. The molecule has 47 heavy (non-hydrogen) atoms. The molecule has 1 heterocycles. The van der Waals surface area contributed by atoms with Crippen LogP contribution in [0.25, 0.3) is 0 Å². The van der Waals surface area contributed by atoms with Crippen LogP contribution < -0.4 is 36.6 Å². The van der Waals surface area contributed by atoms with Crippen LogP contribution in [-0.2, 0) is 12.8 Å². The van der Waals surface area contributed by atoms with Gasteiger partial charge in [-0.05, 0) is 66.2 Å². The Hall–Kier alpha value is -4.80. The Labute approximate surface area is 280 Å². The highest BCUT2D eigenvalue weighted by Crippen LogP contribution is 2.47. The van der Waals surface area contributed by atoms with Gasteiger partial charge in [0.15, 0.2) is 0 Å². The fraction of sp³-hybridized carbons (Fsp3) is 0.0455. The van der Waals surface area contributed by atoms with Crippen molar-refractivity contribution in [2.24, 2.45) is 0 Å². The molecule has 0 saturated heterocycles. The number of hydrogen-bond donors (Lipinski definition) is 0. The van der Waals surface area contributed by atoms with Crippen molar-refractivity contribution in [2.45, 2.75) is 12.8 Å². The van der Waals surface area contributed by atoms with Crippen molar-refractivity contribution < 1.29 is 4.74 Å². The zero-order chi connectivity index (χ0) is 31.4. The zero-order valence-corrected chi connectivity index (χ0v) is 27.8. The normalized spacial score (nSPS) is 12.0. The second kappa shape index (κ2) is 13.5.